The summed E-state index contributed by atoms with van der Waals surface area (Å²) in [4.78, 5) is 12.6. The molecule has 1 aliphatic carbocycles. The van der Waals surface area contributed by atoms with Crippen LogP contribution in [0.5, 0.6) is 0 Å². The Kier molecular flexibility index (Phi) is 5.83. The SMILES string of the molecule is O=C(Nc1ccc([C@@H]2C[C@H]2NC2CCOCC2)cc1)c1ccc(-c2ccccc2)cc1. The molecule has 0 spiro atoms. The largest absolute Gasteiger partial charge is 0.381 e. The third-order valence-electron chi connectivity index (χ3n) is 6.31. The van der Waals surface area contributed by atoms with Gasteiger partial charge in [0.15, 0.2) is 0 Å². The second kappa shape index (κ2) is 9.04. The zero-order valence-corrected chi connectivity index (χ0v) is 17.6. The van der Waals surface area contributed by atoms with Crippen molar-refractivity contribution < 1.29 is 9.53 Å². The molecule has 5 rings (SSSR count). The van der Waals surface area contributed by atoms with Crippen molar-refractivity contribution in [2.24, 2.45) is 0 Å². The molecular formula is C27H28N2O2. The molecule has 2 aliphatic rings. The van der Waals surface area contributed by atoms with Gasteiger partial charge in [-0.15, -0.1) is 0 Å². The quantitative estimate of drug-likeness (QED) is 0.583. The van der Waals surface area contributed by atoms with Crippen molar-refractivity contribution in [3.8, 4) is 11.1 Å². The molecule has 2 fully saturated rings. The van der Waals surface area contributed by atoms with Crippen LogP contribution in [0.2, 0.25) is 0 Å². The van der Waals surface area contributed by atoms with Crippen molar-refractivity contribution in [3.05, 3.63) is 90.0 Å². The van der Waals surface area contributed by atoms with Gasteiger partial charge >= 0.3 is 0 Å². The smallest absolute Gasteiger partial charge is 0.255 e. The van der Waals surface area contributed by atoms with Crippen LogP contribution in [0.25, 0.3) is 11.1 Å². The molecule has 31 heavy (non-hydrogen) atoms. The fourth-order valence-corrected chi connectivity index (χ4v) is 4.38. The number of hydrogen-bond donors (Lipinski definition) is 2. The first-order valence-corrected chi connectivity index (χ1v) is 11.2. The van der Waals surface area contributed by atoms with Crippen molar-refractivity contribution in [3.63, 3.8) is 0 Å². The van der Waals surface area contributed by atoms with E-state index >= 15 is 0 Å². The number of nitrogens with one attached hydrogen (secondary N) is 2. The molecule has 0 aromatic heterocycles. The second-order valence-electron chi connectivity index (χ2n) is 8.52. The molecule has 1 aliphatic heterocycles. The van der Waals surface area contributed by atoms with Crippen molar-refractivity contribution in [1.82, 2.24) is 5.32 Å². The topological polar surface area (TPSA) is 50.4 Å². The number of anilines is 1. The third kappa shape index (κ3) is 4.87. The highest BCUT2D eigenvalue weighted by atomic mass is 16.5. The van der Waals surface area contributed by atoms with Gasteiger partial charge in [-0.25, -0.2) is 0 Å². The fourth-order valence-electron chi connectivity index (χ4n) is 4.38. The molecule has 0 radical (unpaired) electrons. The molecule has 0 unspecified atom stereocenters. The lowest BCUT2D eigenvalue weighted by Gasteiger charge is -2.23. The van der Waals surface area contributed by atoms with Crippen LogP contribution >= 0.6 is 0 Å². The first-order valence-electron chi connectivity index (χ1n) is 11.2. The highest BCUT2D eigenvalue weighted by Gasteiger charge is 2.39. The van der Waals surface area contributed by atoms with E-state index in [4.69, 9.17) is 4.74 Å². The van der Waals surface area contributed by atoms with Crippen LogP contribution in [0.3, 0.4) is 0 Å². The summed E-state index contributed by atoms with van der Waals surface area (Å²) >= 11 is 0. The molecular weight excluding hydrogens is 384 g/mol. The minimum atomic E-state index is -0.0853. The zero-order valence-electron chi connectivity index (χ0n) is 17.6. The van der Waals surface area contributed by atoms with Gasteiger partial charge in [0.1, 0.15) is 0 Å². The van der Waals surface area contributed by atoms with E-state index in [1.807, 2.05) is 54.6 Å². The van der Waals surface area contributed by atoms with Gasteiger partial charge in [-0.1, -0.05) is 54.6 Å². The van der Waals surface area contributed by atoms with Crippen molar-refractivity contribution in [2.45, 2.75) is 37.3 Å². The Morgan fingerprint density at radius 1 is 0.806 bits per heavy atom. The van der Waals surface area contributed by atoms with E-state index < -0.39 is 0 Å². The standard InChI is InChI=1S/C27H28N2O2/c30-27(22-8-6-20(7-9-22)19-4-2-1-3-5-19)29-23-12-10-21(11-13-23)25-18-26(25)28-24-14-16-31-17-15-24/h1-13,24-26,28H,14-18H2,(H,29,30)/t25-,26+/m0/s1. The minimum absolute atomic E-state index is 0.0853. The van der Waals surface area contributed by atoms with E-state index in [0.717, 1.165) is 42.9 Å². The Labute approximate surface area is 183 Å². The lowest BCUT2D eigenvalue weighted by molar-refractivity contribution is 0.0774. The highest BCUT2D eigenvalue weighted by molar-refractivity contribution is 6.04. The van der Waals surface area contributed by atoms with Crippen LogP contribution < -0.4 is 10.6 Å². The van der Waals surface area contributed by atoms with E-state index in [1.54, 1.807) is 0 Å². The number of amides is 1. The first-order chi connectivity index (χ1) is 15.3. The van der Waals surface area contributed by atoms with Gasteiger partial charge in [0, 0.05) is 42.5 Å². The van der Waals surface area contributed by atoms with Gasteiger partial charge in [0.2, 0.25) is 0 Å². The van der Waals surface area contributed by atoms with Crippen LogP contribution in [0, 0.1) is 0 Å². The van der Waals surface area contributed by atoms with Crippen molar-refractivity contribution >= 4 is 11.6 Å². The lowest BCUT2D eigenvalue weighted by Crippen LogP contribution is -2.36. The Hall–Kier alpha value is -2.95. The van der Waals surface area contributed by atoms with Crippen LogP contribution in [0.15, 0.2) is 78.9 Å². The predicted molar refractivity (Wildman–Crippen MR) is 124 cm³/mol. The van der Waals surface area contributed by atoms with E-state index in [0.29, 0.717) is 23.6 Å². The Balaban J connectivity index is 1.16. The Bertz CT molecular complexity index is 1010. The molecule has 158 valence electrons. The Morgan fingerprint density at radius 2 is 1.48 bits per heavy atom. The maximum Gasteiger partial charge on any atom is 0.255 e. The van der Waals surface area contributed by atoms with E-state index in [1.165, 1.54) is 12.0 Å². The normalized spacial score (nSPS) is 20.9. The van der Waals surface area contributed by atoms with Crippen molar-refractivity contribution in [2.75, 3.05) is 18.5 Å². The molecule has 1 saturated heterocycles. The molecule has 0 bridgehead atoms. The summed E-state index contributed by atoms with van der Waals surface area (Å²) in [6.07, 6.45) is 3.41. The first kappa shape index (κ1) is 20.0. The van der Waals surface area contributed by atoms with Gasteiger partial charge in [-0.2, -0.15) is 0 Å². The van der Waals surface area contributed by atoms with Gasteiger partial charge < -0.3 is 15.4 Å². The summed E-state index contributed by atoms with van der Waals surface area (Å²) in [5.74, 6) is 0.496. The maximum absolute atomic E-state index is 12.6. The van der Waals surface area contributed by atoms with Gasteiger partial charge in [-0.3, -0.25) is 4.79 Å². The third-order valence-corrected chi connectivity index (χ3v) is 6.31. The monoisotopic (exact) mass is 412 g/mol. The summed E-state index contributed by atoms with van der Waals surface area (Å²) in [7, 11) is 0. The average molecular weight is 413 g/mol. The molecule has 4 nitrogen and oxygen atoms in total. The molecule has 2 N–H and O–H groups in total. The molecule has 3 aromatic rings. The van der Waals surface area contributed by atoms with E-state index in [-0.39, 0.29) is 5.91 Å². The average Bonchev–Trinajstić information content (AvgIpc) is 3.60. The number of benzene rings is 3. The van der Waals surface area contributed by atoms with Crippen LogP contribution in [0.4, 0.5) is 5.69 Å². The second-order valence-corrected chi connectivity index (χ2v) is 8.52. The molecule has 4 heteroatoms. The predicted octanol–water partition coefficient (Wildman–Crippen LogP) is 5.23. The lowest BCUT2D eigenvalue weighted by atomic mass is 10.0. The fraction of sp³-hybridized carbons (Fsp3) is 0.296. The van der Waals surface area contributed by atoms with Gasteiger partial charge in [-0.05, 0) is 60.2 Å². The number of carbonyl (C=O) groups excluding carboxylic acids is 1. The van der Waals surface area contributed by atoms with Gasteiger partial charge in [0.05, 0.1) is 0 Å². The molecule has 1 saturated carbocycles. The van der Waals surface area contributed by atoms with E-state index in [9.17, 15) is 4.79 Å². The number of hydrogen-bond acceptors (Lipinski definition) is 3. The highest BCUT2D eigenvalue weighted by Crippen LogP contribution is 2.41. The summed E-state index contributed by atoms with van der Waals surface area (Å²) in [6, 6.07) is 27.4. The summed E-state index contributed by atoms with van der Waals surface area (Å²) in [6.45, 7) is 1.75. The number of ether oxygens (including phenoxy) is 1. The summed E-state index contributed by atoms with van der Waals surface area (Å²) < 4.78 is 5.44. The van der Waals surface area contributed by atoms with E-state index in [2.05, 4.69) is 34.9 Å². The Morgan fingerprint density at radius 3 is 2.19 bits per heavy atom. The summed E-state index contributed by atoms with van der Waals surface area (Å²) in [5, 5.41) is 6.79. The zero-order chi connectivity index (χ0) is 21.0. The molecule has 2 atom stereocenters. The van der Waals surface area contributed by atoms with Crippen LogP contribution in [0.1, 0.15) is 41.1 Å². The van der Waals surface area contributed by atoms with Crippen LogP contribution in [-0.2, 0) is 4.74 Å². The number of rotatable bonds is 6. The maximum atomic E-state index is 12.6. The molecule has 1 heterocycles. The molecule has 3 aromatic carbocycles. The van der Waals surface area contributed by atoms with Crippen molar-refractivity contribution in [1.29, 1.82) is 0 Å². The number of carbonyl (C=O) groups is 1. The summed E-state index contributed by atoms with van der Waals surface area (Å²) in [5.41, 5.74) is 5.08. The van der Waals surface area contributed by atoms with Gasteiger partial charge in [0.25, 0.3) is 5.91 Å². The van der Waals surface area contributed by atoms with Crippen LogP contribution in [-0.4, -0.2) is 31.2 Å². The molecule has 1 amide bonds. The minimum Gasteiger partial charge on any atom is -0.381 e.